The summed E-state index contributed by atoms with van der Waals surface area (Å²) in [5.41, 5.74) is 2.53. The molecule has 0 spiro atoms. The Kier molecular flexibility index (Phi) is 6.67. The highest BCUT2D eigenvalue weighted by atomic mass is 79.9. The van der Waals surface area contributed by atoms with Crippen molar-refractivity contribution in [2.75, 3.05) is 26.2 Å². The van der Waals surface area contributed by atoms with Crippen LogP contribution in [0.3, 0.4) is 0 Å². The van der Waals surface area contributed by atoms with Crippen LogP contribution in [0.4, 0.5) is 0 Å². The number of carbonyl (C=O) groups is 2. The summed E-state index contributed by atoms with van der Waals surface area (Å²) >= 11 is 3.45. The van der Waals surface area contributed by atoms with Gasteiger partial charge in [0.2, 0.25) is 0 Å². The molecule has 172 valence electrons. The van der Waals surface area contributed by atoms with Crippen LogP contribution in [0.15, 0.2) is 58.7 Å². The van der Waals surface area contributed by atoms with E-state index in [0.29, 0.717) is 30.1 Å². The second-order valence-electron chi connectivity index (χ2n) is 8.05. The van der Waals surface area contributed by atoms with Crippen molar-refractivity contribution in [2.24, 2.45) is 0 Å². The number of pyridine rings is 1. The van der Waals surface area contributed by atoms with E-state index in [2.05, 4.69) is 39.7 Å². The average molecular weight is 511 g/mol. The van der Waals surface area contributed by atoms with Crippen molar-refractivity contribution in [3.05, 3.63) is 75.7 Å². The van der Waals surface area contributed by atoms with Crippen molar-refractivity contribution in [3.8, 4) is 0 Å². The van der Waals surface area contributed by atoms with Crippen LogP contribution in [-0.4, -0.2) is 62.2 Å². The molecule has 1 amide bonds. The number of carbonyl (C=O) groups excluding carboxylic acids is 2. The van der Waals surface area contributed by atoms with Gasteiger partial charge in [-0.15, -0.1) is 0 Å². The van der Waals surface area contributed by atoms with Gasteiger partial charge in [-0.25, -0.2) is 4.98 Å². The van der Waals surface area contributed by atoms with Crippen LogP contribution in [0.5, 0.6) is 0 Å². The lowest BCUT2D eigenvalue weighted by Gasteiger charge is -2.28. The number of ketones is 1. The van der Waals surface area contributed by atoms with Crippen molar-refractivity contribution < 1.29 is 14.7 Å². The summed E-state index contributed by atoms with van der Waals surface area (Å²) in [5.74, 6) is -1.48. The normalized spacial score (nSPS) is 18.1. The molecule has 1 aliphatic heterocycles. The predicted molar refractivity (Wildman–Crippen MR) is 131 cm³/mol. The molecule has 3 heterocycles. The lowest BCUT2D eigenvalue weighted by atomic mass is 9.96. The van der Waals surface area contributed by atoms with E-state index in [1.165, 1.54) is 0 Å². The Morgan fingerprint density at radius 2 is 1.82 bits per heavy atom. The van der Waals surface area contributed by atoms with E-state index < -0.39 is 17.7 Å². The molecule has 2 aromatic heterocycles. The molecule has 1 aliphatic rings. The van der Waals surface area contributed by atoms with Gasteiger partial charge in [0, 0.05) is 23.8 Å². The number of imidazole rings is 1. The van der Waals surface area contributed by atoms with E-state index >= 15 is 0 Å². The molecule has 0 radical (unpaired) electrons. The highest BCUT2D eigenvalue weighted by molar-refractivity contribution is 9.10. The van der Waals surface area contributed by atoms with Gasteiger partial charge < -0.3 is 14.9 Å². The molecule has 0 bridgehead atoms. The number of hydrogen-bond acceptors (Lipinski definition) is 5. The summed E-state index contributed by atoms with van der Waals surface area (Å²) < 4.78 is 2.64. The molecule has 1 fully saturated rings. The Hall–Kier alpha value is -2.97. The number of rotatable bonds is 7. The third kappa shape index (κ3) is 4.20. The molecule has 8 heteroatoms. The van der Waals surface area contributed by atoms with E-state index in [0.717, 1.165) is 23.1 Å². The maximum Gasteiger partial charge on any atom is 0.295 e. The number of likely N-dealkylation sites (N-methyl/N-ethyl adjacent to an activating group) is 1. The molecule has 3 aromatic rings. The zero-order valence-electron chi connectivity index (χ0n) is 19.0. The number of hydrogen-bond donors (Lipinski definition) is 1. The van der Waals surface area contributed by atoms with Crippen LogP contribution in [0, 0.1) is 6.92 Å². The maximum atomic E-state index is 13.3. The fraction of sp³-hybridized carbons (Fsp3) is 0.320. The van der Waals surface area contributed by atoms with Crippen LogP contribution >= 0.6 is 15.9 Å². The van der Waals surface area contributed by atoms with Crippen LogP contribution in [-0.2, 0) is 9.59 Å². The van der Waals surface area contributed by atoms with Crippen LogP contribution in [0.2, 0.25) is 0 Å². The summed E-state index contributed by atoms with van der Waals surface area (Å²) in [4.78, 5) is 34.7. The zero-order chi connectivity index (χ0) is 23.7. The minimum atomic E-state index is -0.678. The molecular formula is C25H27BrN4O3. The number of Topliss-reactive ketones (excluding diaryl/α,β-unsaturated/α-hetero) is 1. The lowest BCUT2D eigenvalue weighted by Crippen LogP contribution is -2.38. The standard InChI is InChI=1S/C25H27BrN4O3/c1-4-28(5-2)14-15-30-22(17-9-11-18(26)12-10-17)20(24(32)25(30)33)23(31)21-16(3)27-19-8-6-7-13-29(19)21/h6-13,22,31H,4-5,14-15H2,1-3H3/b23-20+/t22-/m0/s1. The van der Waals surface area contributed by atoms with Crippen molar-refractivity contribution in [2.45, 2.75) is 26.8 Å². The van der Waals surface area contributed by atoms with E-state index in [-0.39, 0.29) is 11.3 Å². The molecule has 0 aliphatic carbocycles. The first-order valence-corrected chi connectivity index (χ1v) is 11.9. The van der Waals surface area contributed by atoms with Crippen LogP contribution in [0.25, 0.3) is 11.4 Å². The van der Waals surface area contributed by atoms with Crippen molar-refractivity contribution in [1.82, 2.24) is 19.2 Å². The van der Waals surface area contributed by atoms with Crippen molar-refractivity contribution in [1.29, 1.82) is 0 Å². The zero-order valence-corrected chi connectivity index (χ0v) is 20.5. The van der Waals surface area contributed by atoms with E-state index in [9.17, 15) is 14.7 Å². The third-order valence-electron chi connectivity index (χ3n) is 6.21. The third-order valence-corrected chi connectivity index (χ3v) is 6.73. The predicted octanol–water partition coefficient (Wildman–Crippen LogP) is 4.17. The highest BCUT2D eigenvalue weighted by Gasteiger charge is 2.46. The number of aromatic nitrogens is 2. The lowest BCUT2D eigenvalue weighted by molar-refractivity contribution is -0.140. The average Bonchev–Trinajstić information content (AvgIpc) is 3.28. The number of benzene rings is 1. The molecule has 1 atom stereocenters. The summed E-state index contributed by atoms with van der Waals surface area (Å²) in [7, 11) is 0. The first kappa shape index (κ1) is 23.2. The number of halogens is 1. The Morgan fingerprint density at radius 1 is 1.12 bits per heavy atom. The fourth-order valence-electron chi connectivity index (χ4n) is 4.42. The quantitative estimate of drug-likeness (QED) is 0.293. The fourth-order valence-corrected chi connectivity index (χ4v) is 4.68. The molecule has 4 rings (SSSR count). The molecule has 0 unspecified atom stereocenters. The minimum Gasteiger partial charge on any atom is -0.505 e. The second kappa shape index (κ2) is 9.49. The van der Waals surface area contributed by atoms with Crippen LogP contribution < -0.4 is 0 Å². The number of aryl methyl sites for hydroxylation is 1. The molecular weight excluding hydrogens is 484 g/mol. The van der Waals surface area contributed by atoms with Crippen molar-refractivity contribution in [3.63, 3.8) is 0 Å². The smallest absolute Gasteiger partial charge is 0.295 e. The Labute approximate surface area is 201 Å². The number of fused-ring (bicyclic) bond motifs is 1. The minimum absolute atomic E-state index is 0.0932. The Morgan fingerprint density at radius 3 is 2.48 bits per heavy atom. The summed E-state index contributed by atoms with van der Waals surface area (Å²) in [5, 5.41) is 11.4. The van der Waals surface area contributed by atoms with Gasteiger partial charge in [0.15, 0.2) is 5.76 Å². The Balaban J connectivity index is 1.87. The largest absolute Gasteiger partial charge is 0.505 e. The molecule has 1 N–H and O–H groups in total. The maximum absolute atomic E-state index is 13.3. The first-order chi connectivity index (χ1) is 15.9. The van der Waals surface area contributed by atoms with E-state index in [1.54, 1.807) is 22.4 Å². The van der Waals surface area contributed by atoms with Gasteiger partial charge in [0.05, 0.1) is 17.3 Å². The molecule has 1 aromatic carbocycles. The number of aliphatic hydroxyl groups excluding tert-OH is 1. The number of likely N-dealkylation sites (tertiary alicyclic amines) is 1. The van der Waals surface area contributed by atoms with Gasteiger partial charge in [-0.3, -0.25) is 14.0 Å². The monoisotopic (exact) mass is 510 g/mol. The number of amides is 1. The SMILES string of the molecule is CCN(CC)CCN1C(=O)C(=O)/C(=C(/O)c2c(C)nc3ccccn23)[C@@H]1c1ccc(Br)cc1. The molecule has 1 saturated heterocycles. The van der Waals surface area contributed by atoms with Gasteiger partial charge in [-0.2, -0.15) is 0 Å². The van der Waals surface area contributed by atoms with E-state index in [1.807, 2.05) is 42.5 Å². The topological polar surface area (TPSA) is 78.2 Å². The molecule has 0 saturated carbocycles. The summed E-state index contributed by atoms with van der Waals surface area (Å²) in [6, 6.07) is 12.3. The highest BCUT2D eigenvalue weighted by Crippen LogP contribution is 2.40. The number of aliphatic hydroxyl groups is 1. The summed E-state index contributed by atoms with van der Waals surface area (Å²) in [6.45, 7) is 8.65. The van der Waals surface area contributed by atoms with Gasteiger partial charge in [-0.1, -0.05) is 48.0 Å². The van der Waals surface area contributed by atoms with Crippen molar-refractivity contribution >= 4 is 39.0 Å². The Bertz CT molecular complexity index is 1230. The molecule has 33 heavy (non-hydrogen) atoms. The second-order valence-corrected chi connectivity index (χ2v) is 8.96. The first-order valence-electron chi connectivity index (χ1n) is 11.1. The van der Waals surface area contributed by atoms with Gasteiger partial charge in [-0.05, 0) is 49.8 Å². The van der Waals surface area contributed by atoms with Gasteiger partial charge in [0.25, 0.3) is 11.7 Å². The number of nitrogens with zero attached hydrogens (tertiary/aromatic N) is 4. The van der Waals surface area contributed by atoms with Crippen LogP contribution in [0.1, 0.15) is 36.8 Å². The summed E-state index contributed by atoms with van der Waals surface area (Å²) in [6.07, 6.45) is 1.79. The van der Waals surface area contributed by atoms with Gasteiger partial charge in [0.1, 0.15) is 11.3 Å². The van der Waals surface area contributed by atoms with E-state index in [4.69, 9.17) is 0 Å². The van der Waals surface area contributed by atoms with Gasteiger partial charge >= 0.3 is 0 Å². The molecule has 7 nitrogen and oxygen atoms in total.